The molecule has 0 atom stereocenters. The third kappa shape index (κ3) is 4.50. The van der Waals surface area contributed by atoms with Gasteiger partial charge in [-0.2, -0.15) is 0 Å². The van der Waals surface area contributed by atoms with Crippen molar-refractivity contribution in [2.24, 2.45) is 0 Å². The Kier molecular flexibility index (Phi) is 5.72. The molecule has 0 aliphatic carbocycles. The van der Waals surface area contributed by atoms with Crippen LogP contribution in [0.25, 0.3) is 0 Å². The predicted molar refractivity (Wildman–Crippen MR) is 69.5 cm³/mol. The Bertz CT molecular complexity index is 475. The molecule has 0 aromatic heterocycles. The van der Waals surface area contributed by atoms with Crippen molar-refractivity contribution in [3.8, 4) is 0 Å². The molecule has 104 valence electrons. The number of halogens is 1. The number of benzene rings is 1. The summed E-state index contributed by atoms with van der Waals surface area (Å²) in [6.45, 7) is 4.05. The van der Waals surface area contributed by atoms with Crippen molar-refractivity contribution in [3.05, 3.63) is 38.9 Å². The Morgan fingerprint density at radius 2 is 2.11 bits per heavy atom. The molecule has 0 bridgehead atoms. The summed E-state index contributed by atoms with van der Waals surface area (Å²) in [7, 11) is 0. The summed E-state index contributed by atoms with van der Waals surface area (Å²) in [6, 6.07) is 3.98. The Hall–Kier alpha value is -1.66. The van der Waals surface area contributed by atoms with Gasteiger partial charge in [-0.25, -0.2) is 4.79 Å². The zero-order valence-electron chi connectivity index (χ0n) is 10.6. The van der Waals surface area contributed by atoms with Crippen LogP contribution in [0.5, 0.6) is 0 Å². The van der Waals surface area contributed by atoms with E-state index in [-0.39, 0.29) is 35.6 Å². The Morgan fingerprint density at radius 1 is 1.42 bits per heavy atom. The van der Waals surface area contributed by atoms with Crippen LogP contribution in [0.4, 0.5) is 5.69 Å². The summed E-state index contributed by atoms with van der Waals surface area (Å²) in [5.41, 5.74) is -0.352. The number of rotatable bonds is 6. The van der Waals surface area contributed by atoms with E-state index in [1.54, 1.807) is 0 Å². The number of hydrogen-bond acceptors (Lipinski definition) is 5. The maximum absolute atomic E-state index is 11.7. The summed E-state index contributed by atoms with van der Waals surface area (Å²) < 4.78 is 10.1. The van der Waals surface area contributed by atoms with E-state index in [4.69, 9.17) is 21.1 Å². The van der Waals surface area contributed by atoms with E-state index in [1.807, 2.05) is 13.8 Å². The molecular formula is C12H14ClNO5. The van der Waals surface area contributed by atoms with Crippen molar-refractivity contribution in [1.82, 2.24) is 0 Å². The van der Waals surface area contributed by atoms with E-state index in [0.29, 0.717) is 0 Å². The number of esters is 1. The van der Waals surface area contributed by atoms with Crippen molar-refractivity contribution in [1.29, 1.82) is 0 Å². The van der Waals surface area contributed by atoms with Crippen molar-refractivity contribution in [3.63, 3.8) is 0 Å². The van der Waals surface area contributed by atoms with Crippen LogP contribution in [-0.2, 0) is 9.47 Å². The van der Waals surface area contributed by atoms with Crippen molar-refractivity contribution < 1.29 is 19.2 Å². The van der Waals surface area contributed by atoms with Gasteiger partial charge in [-0.1, -0.05) is 17.7 Å². The predicted octanol–water partition coefficient (Wildman–Crippen LogP) is 2.83. The summed E-state index contributed by atoms with van der Waals surface area (Å²) in [5.74, 6) is -0.707. The highest BCUT2D eigenvalue weighted by atomic mass is 35.5. The molecule has 0 amide bonds. The van der Waals surface area contributed by atoms with Crippen LogP contribution in [0.1, 0.15) is 24.2 Å². The molecule has 7 heteroatoms. The van der Waals surface area contributed by atoms with Gasteiger partial charge in [-0.05, 0) is 19.9 Å². The number of carbonyl (C=O) groups excluding carboxylic acids is 1. The molecule has 1 rings (SSSR count). The van der Waals surface area contributed by atoms with Gasteiger partial charge in [-0.15, -0.1) is 0 Å². The maximum atomic E-state index is 11.7. The third-order valence-corrected chi connectivity index (χ3v) is 2.56. The monoisotopic (exact) mass is 287 g/mol. The molecule has 0 spiro atoms. The molecule has 0 unspecified atom stereocenters. The summed E-state index contributed by atoms with van der Waals surface area (Å²) in [4.78, 5) is 21.7. The Morgan fingerprint density at radius 3 is 2.68 bits per heavy atom. The summed E-state index contributed by atoms with van der Waals surface area (Å²) >= 11 is 5.79. The zero-order chi connectivity index (χ0) is 14.4. The van der Waals surface area contributed by atoms with Crippen LogP contribution in [0, 0.1) is 10.1 Å². The molecule has 1 aromatic carbocycles. The molecule has 0 saturated carbocycles. The lowest BCUT2D eigenvalue weighted by molar-refractivity contribution is -0.384. The van der Waals surface area contributed by atoms with Crippen molar-refractivity contribution >= 4 is 23.3 Å². The number of hydrogen-bond donors (Lipinski definition) is 0. The minimum Gasteiger partial charge on any atom is -0.460 e. The summed E-state index contributed by atoms with van der Waals surface area (Å²) in [5, 5.41) is 10.5. The van der Waals surface area contributed by atoms with Gasteiger partial charge in [0, 0.05) is 6.07 Å². The van der Waals surface area contributed by atoms with Crippen LogP contribution < -0.4 is 0 Å². The standard InChI is InChI=1S/C12H14ClNO5/c1-8(2)18-6-7-19-12(15)9-4-3-5-10(11(9)13)14(16)17/h3-5,8H,6-7H2,1-2H3. The van der Waals surface area contributed by atoms with E-state index in [0.717, 1.165) is 0 Å². The van der Waals surface area contributed by atoms with E-state index in [2.05, 4.69) is 0 Å². The highest BCUT2D eigenvalue weighted by Gasteiger charge is 2.20. The third-order valence-electron chi connectivity index (χ3n) is 2.16. The average molecular weight is 288 g/mol. The second-order valence-electron chi connectivity index (χ2n) is 3.95. The normalized spacial score (nSPS) is 10.5. The fourth-order valence-electron chi connectivity index (χ4n) is 1.31. The molecule has 0 saturated heterocycles. The first-order chi connectivity index (χ1) is 8.93. The highest BCUT2D eigenvalue weighted by Crippen LogP contribution is 2.28. The molecule has 0 aliphatic heterocycles. The van der Waals surface area contributed by atoms with Crippen LogP contribution in [0.15, 0.2) is 18.2 Å². The molecule has 6 nitrogen and oxygen atoms in total. The van der Waals surface area contributed by atoms with Crippen LogP contribution in [-0.4, -0.2) is 30.2 Å². The number of nitrogens with zero attached hydrogens (tertiary/aromatic N) is 1. The minimum absolute atomic E-state index is 0.0274. The first kappa shape index (κ1) is 15.4. The maximum Gasteiger partial charge on any atom is 0.339 e. The second kappa shape index (κ2) is 7.06. The van der Waals surface area contributed by atoms with E-state index in [1.165, 1.54) is 18.2 Å². The largest absolute Gasteiger partial charge is 0.460 e. The lowest BCUT2D eigenvalue weighted by Gasteiger charge is -2.09. The van der Waals surface area contributed by atoms with Gasteiger partial charge in [0.15, 0.2) is 0 Å². The average Bonchev–Trinajstić information content (AvgIpc) is 2.34. The topological polar surface area (TPSA) is 78.7 Å². The van der Waals surface area contributed by atoms with E-state index < -0.39 is 10.9 Å². The van der Waals surface area contributed by atoms with Crippen molar-refractivity contribution in [2.75, 3.05) is 13.2 Å². The number of ether oxygens (including phenoxy) is 2. The van der Waals surface area contributed by atoms with E-state index in [9.17, 15) is 14.9 Å². The molecular weight excluding hydrogens is 274 g/mol. The minimum atomic E-state index is -0.707. The molecule has 0 radical (unpaired) electrons. The lowest BCUT2D eigenvalue weighted by atomic mass is 10.2. The van der Waals surface area contributed by atoms with Gasteiger partial charge in [0.05, 0.1) is 23.2 Å². The molecule has 0 fully saturated rings. The van der Waals surface area contributed by atoms with Crippen LogP contribution in [0.2, 0.25) is 5.02 Å². The van der Waals surface area contributed by atoms with Crippen molar-refractivity contribution in [2.45, 2.75) is 20.0 Å². The van der Waals surface area contributed by atoms with E-state index >= 15 is 0 Å². The lowest BCUT2D eigenvalue weighted by Crippen LogP contribution is -2.14. The zero-order valence-corrected chi connectivity index (χ0v) is 11.3. The van der Waals surface area contributed by atoms with Gasteiger partial charge in [0.1, 0.15) is 11.6 Å². The Labute approximate surface area is 115 Å². The van der Waals surface area contributed by atoms with Crippen LogP contribution in [0.3, 0.4) is 0 Å². The molecule has 0 N–H and O–H groups in total. The number of nitro benzene ring substituents is 1. The van der Waals surface area contributed by atoms with Gasteiger partial charge in [0.25, 0.3) is 5.69 Å². The summed E-state index contributed by atoms with van der Waals surface area (Å²) in [6.07, 6.45) is 0.0418. The fourth-order valence-corrected chi connectivity index (χ4v) is 1.59. The van der Waals surface area contributed by atoms with Crippen LogP contribution >= 0.6 is 11.6 Å². The highest BCUT2D eigenvalue weighted by molar-refractivity contribution is 6.35. The second-order valence-corrected chi connectivity index (χ2v) is 4.33. The first-order valence-corrected chi connectivity index (χ1v) is 6.03. The number of carbonyl (C=O) groups is 1. The number of nitro groups is 1. The van der Waals surface area contributed by atoms with Gasteiger partial charge in [0.2, 0.25) is 0 Å². The van der Waals surface area contributed by atoms with Gasteiger partial charge >= 0.3 is 5.97 Å². The fraction of sp³-hybridized carbons (Fsp3) is 0.417. The smallest absolute Gasteiger partial charge is 0.339 e. The first-order valence-electron chi connectivity index (χ1n) is 5.65. The quantitative estimate of drug-likeness (QED) is 0.348. The Balaban J connectivity index is 2.67. The van der Waals surface area contributed by atoms with Gasteiger partial charge in [-0.3, -0.25) is 10.1 Å². The molecule has 0 aliphatic rings. The SMILES string of the molecule is CC(C)OCCOC(=O)c1cccc([N+](=O)[O-])c1Cl. The molecule has 19 heavy (non-hydrogen) atoms. The molecule has 1 aromatic rings. The van der Waals surface area contributed by atoms with Gasteiger partial charge < -0.3 is 9.47 Å². The molecule has 0 heterocycles.